The van der Waals surface area contributed by atoms with Gasteiger partial charge in [-0.05, 0) is 30.7 Å². The van der Waals surface area contributed by atoms with Crippen molar-refractivity contribution < 1.29 is 21.5 Å². The highest BCUT2D eigenvalue weighted by Crippen LogP contribution is 2.04. The lowest BCUT2D eigenvalue weighted by molar-refractivity contribution is -0.671. The van der Waals surface area contributed by atoms with Crippen LogP contribution in [0.1, 0.15) is 19.8 Å². The summed E-state index contributed by atoms with van der Waals surface area (Å²) in [4.78, 5) is 0. The molecule has 5 heteroatoms. The van der Waals surface area contributed by atoms with Crippen LogP contribution in [0.4, 0.5) is 11.4 Å². The van der Waals surface area contributed by atoms with Gasteiger partial charge in [-0.3, -0.25) is 0 Å². The molecule has 0 spiro atoms. The summed E-state index contributed by atoms with van der Waals surface area (Å²) in [6.45, 7) is 3.36. The molecule has 0 atom stereocenters. The van der Waals surface area contributed by atoms with Gasteiger partial charge < -0.3 is 28.4 Å². The first-order valence-corrected chi connectivity index (χ1v) is 6.24. The van der Waals surface area contributed by atoms with Crippen LogP contribution in [0.15, 0.2) is 43.0 Å². The summed E-state index contributed by atoms with van der Waals surface area (Å²) in [5, 5.41) is 0. The molecule has 0 aliphatic carbocycles. The van der Waals surface area contributed by atoms with Gasteiger partial charge in [-0.15, -0.1) is 0 Å². The van der Waals surface area contributed by atoms with E-state index in [9.17, 15) is 0 Å². The van der Waals surface area contributed by atoms with E-state index in [1.165, 1.54) is 12.8 Å². The number of unbranched alkanes of at least 4 members (excludes halogenated alkanes) is 1. The summed E-state index contributed by atoms with van der Waals surface area (Å²) in [6.07, 6.45) is 8.82. The lowest BCUT2D eigenvalue weighted by atomic mass is 10.3. The van der Waals surface area contributed by atoms with Crippen molar-refractivity contribution in [1.29, 1.82) is 0 Å². The first-order valence-electron chi connectivity index (χ1n) is 6.24. The fourth-order valence-corrected chi connectivity index (χ4v) is 1.47. The standard InChI is InChI=1S/C8H15N2.C6H8N2.BrH/c1-3-4-5-10-7-6-9(2)8-10;7-5-1-2-6(8)4-3-5;/h6-8H,3-5H2,1-2H3;1-4H,7-8H2;1H/q+1;;/p-1. The molecule has 1 aromatic heterocycles. The third kappa shape index (κ3) is 7.51. The number of halogens is 1. The summed E-state index contributed by atoms with van der Waals surface area (Å²) in [7, 11) is 2.04. The number of nitrogen functional groups attached to an aromatic ring is 2. The topological polar surface area (TPSA) is 60.8 Å². The van der Waals surface area contributed by atoms with Gasteiger partial charge in [-0.1, -0.05) is 13.3 Å². The molecule has 106 valence electrons. The van der Waals surface area contributed by atoms with E-state index in [-0.39, 0.29) is 17.0 Å². The van der Waals surface area contributed by atoms with Crippen LogP contribution in [0.2, 0.25) is 0 Å². The number of nitrogens with two attached hydrogens (primary N) is 2. The van der Waals surface area contributed by atoms with E-state index in [1.54, 1.807) is 24.3 Å². The van der Waals surface area contributed by atoms with Gasteiger partial charge in [0, 0.05) is 11.4 Å². The van der Waals surface area contributed by atoms with Crippen molar-refractivity contribution in [3.63, 3.8) is 0 Å². The van der Waals surface area contributed by atoms with Crippen LogP contribution in [-0.2, 0) is 13.6 Å². The Hall–Kier alpha value is -1.49. The zero-order valence-electron chi connectivity index (χ0n) is 11.6. The number of hydrogen-bond acceptors (Lipinski definition) is 2. The van der Waals surface area contributed by atoms with Crippen molar-refractivity contribution >= 4 is 11.4 Å². The number of nitrogens with zero attached hydrogens (tertiary/aromatic N) is 2. The molecule has 0 saturated heterocycles. The molecule has 19 heavy (non-hydrogen) atoms. The summed E-state index contributed by atoms with van der Waals surface area (Å²) in [6, 6.07) is 7.09. The van der Waals surface area contributed by atoms with Crippen LogP contribution >= 0.6 is 0 Å². The zero-order valence-corrected chi connectivity index (χ0v) is 13.2. The number of aryl methyl sites for hydroxylation is 2. The third-order valence-corrected chi connectivity index (χ3v) is 2.53. The van der Waals surface area contributed by atoms with Gasteiger partial charge in [0.05, 0.1) is 13.6 Å². The number of hydrogen-bond donors (Lipinski definition) is 2. The quantitative estimate of drug-likeness (QED) is 0.559. The average molecular weight is 327 g/mol. The Morgan fingerprint density at radius 1 is 1.11 bits per heavy atom. The average Bonchev–Trinajstić information content (AvgIpc) is 2.77. The second-order valence-electron chi connectivity index (χ2n) is 4.34. The number of aromatic nitrogens is 2. The van der Waals surface area contributed by atoms with E-state index >= 15 is 0 Å². The molecule has 2 aromatic rings. The van der Waals surface area contributed by atoms with E-state index in [0.29, 0.717) is 0 Å². The van der Waals surface area contributed by atoms with E-state index in [1.807, 2.05) is 7.05 Å². The van der Waals surface area contributed by atoms with E-state index in [2.05, 4.69) is 34.8 Å². The summed E-state index contributed by atoms with van der Waals surface area (Å²) >= 11 is 0. The SMILES string of the molecule is CCCCn1cc[n+](C)c1.Nc1ccc(N)cc1.[Br-]. The van der Waals surface area contributed by atoms with Crippen LogP contribution in [0, 0.1) is 0 Å². The lowest BCUT2D eigenvalue weighted by Crippen LogP contribution is -3.00. The number of rotatable bonds is 3. The molecule has 0 fully saturated rings. The highest BCUT2D eigenvalue weighted by Gasteiger charge is 1.96. The maximum absolute atomic E-state index is 5.37. The van der Waals surface area contributed by atoms with Gasteiger partial charge in [-0.25, -0.2) is 9.13 Å². The molecule has 0 bridgehead atoms. The third-order valence-electron chi connectivity index (χ3n) is 2.53. The number of anilines is 2. The van der Waals surface area contributed by atoms with Crippen LogP contribution in [0.25, 0.3) is 0 Å². The largest absolute Gasteiger partial charge is 1.00 e. The maximum Gasteiger partial charge on any atom is 0.243 e. The van der Waals surface area contributed by atoms with Crippen molar-refractivity contribution in [3.05, 3.63) is 43.0 Å². The molecule has 1 aromatic carbocycles. The second-order valence-corrected chi connectivity index (χ2v) is 4.34. The molecular formula is C14H23BrN4. The molecule has 0 amide bonds. The fourth-order valence-electron chi connectivity index (χ4n) is 1.47. The van der Waals surface area contributed by atoms with Crippen LogP contribution in [0.5, 0.6) is 0 Å². The van der Waals surface area contributed by atoms with Crippen LogP contribution < -0.4 is 33.0 Å². The first kappa shape index (κ1) is 17.5. The van der Waals surface area contributed by atoms with Crippen molar-refractivity contribution in [1.82, 2.24) is 4.57 Å². The molecule has 0 radical (unpaired) electrons. The predicted molar refractivity (Wildman–Crippen MR) is 75.8 cm³/mol. The Kier molecular flexibility index (Phi) is 8.70. The van der Waals surface area contributed by atoms with Crippen molar-refractivity contribution in [2.75, 3.05) is 11.5 Å². The number of benzene rings is 1. The monoisotopic (exact) mass is 326 g/mol. The normalized spacial score (nSPS) is 9.16. The van der Waals surface area contributed by atoms with Gasteiger partial charge in [0.2, 0.25) is 6.33 Å². The van der Waals surface area contributed by atoms with Crippen molar-refractivity contribution in [3.8, 4) is 0 Å². The minimum absolute atomic E-state index is 0. The first-order chi connectivity index (χ1) is 8.61. The van der Waals surface area contributed by atoms with Gasteiger partial charge >= 0.3 is 0 Å². The highest BCUT2D eigenvalue weighted by molar-refractivity contribution is 5.47. The molecule has 4 nitrogen and oxygen atoms in total. The maximum atomic E-state index is 5.37. The molecule has 0 unspecified atom stereocenters. The van der Waals surface area contributed by atoms with E-state index in [4.69, 9.17) is 11.5 Å². The van der Waals surface area contributed by atoms with E-state index < -0.39 is 0 Å². The highest BCUT2D eigenvalue weighted by atomic mass is 79.9. The molecule has 2 rings (SSSR count). The van der Waals surface area contributed by atoms with Crippen LogP contribution in [-0.4, -0.2) is 4.57 Å². The Bertz CT molecular complexity index is 430. The van der Waals surface area contributed by atoms with Crippen molar-refractivity contribution in [2.24, 2.45) is 7.05 Å². The predicted octanol–water partition coefficient (Wildman–Crippen LogP) is -1.03. The summed E-state index contributed by atoms with van der Waals surface area (Å²) in [5.74, 6) is 0. The fraction of sp³-hybridized carbons (Fsp3) is 0.357. The molecule has 0 aliphatic heterocycles. The van der Waals surface area contributed by atoms with Crippen LogP contribution in [0.3, 0.4) is 0 Å². The van der Waals surface area contributed by atoms with Gasteiger partial charge in [0.15, 0.2) is 0 Å². The smallest absolute Gasteiger partial charge is 0.243 e. The Balaban J connectivity index is 0.000000331. The Morgan fingerprint density at radius 3 is 2.00 bits per heavy atom. The number of imidazole rings is 1. The molecule has 4 N–H and O–H groups in total. The minimum atomic E-state index is 0. The van der Waals surface area contributed by atoms with Gasteiger partial charge in [0.1, 0.15) is 12.4 Å². The molecule has 0 saturated carbocycles. The molecule has 0 aliphatic rings. The molecular weight excluding hydrogens is 304 g/mol. The minimum Gasteiger partial charge on any atom is -1.00 e. The summed E-state index contributed by atoms with van der Waals surface area (Å²) < 4.78 is 4.28. The van der Waals surface area contributed by atoms with Gasteiger partial charge in [0.25, 0.3) is 0 Å². The summed E-state index contributed by atoms with van der Waals surface area (Å²) in [5.41, 5.74) is 12.2. The van der Waals surface area contributed by atoms with Gasteiger partial charge in [-0.2, -0.15) is 0 Å². The lowest BCUT2D eigenvalue weighted by Gasteiger charge is -1.90. The second kappa shape index (κ2) is 9.44. The van der Waals surface area contributed by atoms with Crippen molar-refractivity contribution in [2.45, 2.75) is 26.3 Å². The Morgan fingerprint density at radius 2 is 1.63 bits per heavy atom. The molecule has 1 heterocycles. The van der Waals surface area contributed by atoms with E-state index in [0.717, 1.165) is 17.9 Å². The Labute approximate surface area is 125 Å². The zero-order chi connectivity index (χ0) is 13.4.